The highest BCUT2D eigenvalue weighted by atomic mass is 15.2. The maximum Gasteiger partial charge on any atom is 0.0237 e. The molecule has 0 spiro atoms. The Kier molecular flexibility index (Phi) is 6.72. The highest BCUT2D eigenvalue weighted by molar-refractivity contribution is 5.14. The van der Waals surface area contributed by atoms with E-state index in [-0.39, 0.29) is 0 Å². The van der Waals surface area contributed by atoms with Gasteiger partial charge in [0.25, 0.3) is 0 Å². The van der Waals surface area contributed by atoms with Gasteiger partial charge in [-0.25, -0.2) is 0 Å². The van der Waals surface area contributed by atoms with Crippen LogP contribution in [0.4, 0.5) is 0 Å². The van der Waals surface area contributed by atoms with Crippen molar-refractivity contribution in [2.24, 2.45) is 17.6 Å². The van der Waals surface area contributed by atoms with Crippen LogP contribution in [0.25, 0.3) is 0 Å². The summed E-state index contributed by atoms with van der Waals surface area (Å²) in [5.41, 5.74) is 7.28. The Morgan fingerprint density at radius 2 is 1.95 bits per heavy atom. The molecule has 2 atom stereocenters. The molecule has 1 aromatic rings. The van der Waals surface area contributed by atoms with E-state index in [1.54, 1.807) is 0 Å². The van der Waals surface area contributed by atoms with Gasteiger partial charge in [-0.1, -0.05) is 57.0 Å². The van der Waals surface area contributed by atoms with Gasteiger partial charge in [0.2, 0.25) is 0 Å². The monoisotopic (exact) mass is 288 g/mol. The average Bonchev–Trinajstić information content (AvgIpc) is 2.47. The molecule has 2 nitrogen and oxygen atoms in total. The molecule has 0 radical (unpaired) electrons. The second-order valence-electron chi connectivity index (χ2n) is 7.06. The van der Waals surface area contributed by atoms with E-state index in [1.807, 2.05) is 0 Å². The van der Waals surface area contributed by atoms with Gasteiger partial charge in [-0.3, -0.25) is 4.90 Å². The van der Waals surface area contributed by atoms with Crippen molar-refractivity contribution in [1.82, 2.24) is 4.90 Å². The predicted octanol–water partition coefficient (Wildman–Crippen LogP) is 4.05. The van der Waals surface area contributed by atoms with Gasteiger partial charge in [-0.2, -0.15) is 0 Å². The number of rotatable bonds is 7. The molecule has 2 heteroatoms. The molecule has 1 aliphatic rings. The molecule has 0 saturated heterocycles. The van der Waals surface area contributed by atoms with Gasteiger partial charge in [-0.15, -0.1) is 0 Å². The van der Waals surface area contributed by atoms with E-state index in [4.69, 9.17) is 5.73 Å². The number of nitrogens with zero attached hydrogens (tertiary/aromatic N) is 1. The fourth-order valence-electron chi connectivity index (χ4n) is 3.85. The zero-order chi connectivity index (χ0) is 15.1. The van der Waals surface area contributed by atoms with E-state index in [2.05, 4.69) is 49.1 Å². The van der Waals surface area contributed by atoms with E-state index in [1.165, 1.54) is 37.7 Å². The fourth-order valence-corrected chi connectivity index (χ4v) is 3.85. The molecular weight excluding hydrogens is 256 g/mol. The number of hydrogen-bond donors (Lipinski definition) is 1. The molecule has 0 aliphatic heterocycles. The maximum atomic E-state index is 5.86. The fraction of sp³-hybridized carbons (Fsp3) is 0.684. The van der Waals surface area contributed by atoms with Crippen molar-refractivity contribution in [1.29, 1.82) is 0 Å². The lowest BCUT2D eigenvalue weighted by Gasteiger charge is -2.38. The topological polar surface area (TPSA) is 29.3 Å². The lowest BCUT2D eigenvalue weighted by atomic mass is 9.80. The summed E-state index contributed by atoms with van der Waals surface area (Å²) in [7, 11) is 0. The van der Waals surface area contributed by atoms with E-state index in [0.29, 0.717) is 0 Å². The average molecular weight is 288 g/mol. The lowest BCUT2D eigenvalue weighted by Crippen LogP contribution is -2.41. The predicted molar refractivity (Wildman–Crippen MR) is 91.1 cm³/mol. The minimum absolute atomic E-state index is 0.728. The summed E-state index contributed by atoms with van der Waals surface area (Å²) < 4.78 is 0. The number of hydrogen-bond acceptors (Lipinski definition) is 2. The second kappa shape index (κ2) is 8.55. The molecule has 0 aromatic heterocycles. The highest BCUT2D eigenvalue weighted by Gasteiger charge is 2.26. The maximum absolute atomic E-state index is 5.86. The molecular formula is C19H32N2. The molecule has 1 aromatic carbocycles. The van der Waals surface area contributed by atoms with Gasteiger partial charge in [0, 0.05) is 25.7 Å². The van der Waals surface area contributed by atoms with Crippen molar-refractivity contribution in [3.8, 4) is 0 Å². The molecule has 1 fully saturated rings. The van der Waals surface area contributed by atoms with Crippen LogP contribution in [0, 0.1) is 11.8 Å². The Morgan fingerprint density at radius 3 is 2.62 bits per heavy atom. The summed E-state index contributed by atoms with van der Waals surface area (Å²) in [4.78, 5) is 2.63. The van der Waals surface area contributed by atoms with Crippen LogP contribution in [0.15, 0.2) is 30.3 Å². The zero-order valence-electron chi connectivity index (χ0n) is 13.8. The number of benzene rings is 1. The van der Waals surface area contributed by atoms with E-state index >= 15 is 0 Å². The summed E-state index contributed by atoms with van der Waals surface area (Å²) >= 11 is 0. The standard InChI is InChI=1S/C19H32N2/c1-16(2)13-18-9-6-10-19(14-18)21(12-11-20)15-17-7-4-3-5-8-17/h3-5,7-8,16,18-19H,6,9-15,20H2,1-2H3. The van der Waals surface area contributed by atoms with Crippen LogP contribution in [-0.4, -0.2) is 24.0 Å². The molecule has 1 saturated carbocycles. The van der Waals surface area contributed by atoms with Crippen molar-refractivity contribution in [2.45, 2.75) is 58.5 Å². The van der Waals surface area contributed by atoms with Gasteiger partial charge in [-0.05, 0) is 36.7 Å². The Bertz CT molecular complexity index is 388. The summed E-state index contributed by atoms with van der Waals surface area (Å²) in [6.45, 7) is 7.54. The van der Waals surface area contributed by atoms with Gasteiger partial charge in [0.1, 0.15) is 0 Å². The molecule has 118 valence electrons. The van der Waals surface area contributed by atoms with Crippen LogP contribution in [0.2, 0.25) is 0 Å². The van der Waals surface area contributed by atoms with Crippen LogP contribution in [-0.2, 0) is 6.54 Å². The second-order valence-corrected chi connectivity index (χ2v) is 7.06. The molecule has 2 rings (SSSR count). The van der Waals surface area contributed by atoms with Crippen LogP contribution < -0.4 is 5.73 Å². The Labute approximate surface area is 130 Å². The van der Waals surface area contributed by atoms with Crippen LogP contribution >= 0.6 is 0 Å². The lowest BCUT2D eigenvalue weighted by molar-refractivity contribution is 0.118. The Morgan fingerprint density at radius 1 is 1.19 bits per heavy atom. The van der Waals surface area contributed by atoms with E-state index in [9.17, 15) is 0 Å². The van der Waals surface area contributed by atoms with Gasteiger partial charge >= 0.3 is 0 Å². The van der Waals surface area contributed by atoms with Gasteiger partial charge in [0.15, 0.2) is 0 Å². The first-order valence-electron chi connectivity index (χ1n) is 8.67. The summed E-state index contributed by atoms with van der Waals surface area (Å²) in [6, 6.07) is 11.6. The third-order valence-corrected chi connectivity index (χ3v) is 4.72. The van der Waals surface area contributed by atoms with Gasteiger partial charge < -0.3 is 5.73 Å². The third-order valence-electron chi connectivity index (χ3n) is 4.72. The SMILES string of the molecule is CC(C)CC1CCCC(N(CCN)Cc2ccccc2)C1. The molecule has 21 heavy (non-hydrogen) atoms. The van der Waals surface area contributed by atoms with Crippen LogP contribution in [0.5, 0.6) is 0 Å². The quantitative estimate of drug-likeness (QED) is 0.820. The van der Waals surface area contributed by atoms with Gasteiger partial charge in [0.05, 0.1) is 0 Å². The highest BCUT2D eigenvalue weighted by Crippen LogP contribution is 2.32. The third kappa shape index (κ3) is 5.44. The van der Waals surface area contributed by atoms with Crippen molar-refractivity contribution in [3.63, 3.8) is 0 Å². The van der Waals surface area contributed by atoms with Crippen LogP contribution in [0.1, 0.15) is 51.5 Å². The van der Waals surface area contributed by atoms with Crippen molar-refractivity contribution >= 4 is 0 Å². The van der Waals surface area contributed by atoms with E-state index in [0.717, 1.165) is 37.5 Å². The molecule has 0 amide bonds. The summed E-state index contributed by atoms with van der Waals surface area (Å²) in [5, 5.41) is 0. The minimum atomic E-state index is 0.728. The molecule has 0 heterocycles. The summed E-state index contributed by atoms with van der Waals surface area (Å²) in [6.07, 6.45) is 6.92. The molecule has 0 bridgehead atoms. The Balaban J connectivity index is 1.96. The van der Waals surface area contributed by atoms with Crippen molar-refractivity contribution in [3.05, 3.63) is 35.9 Å². The number of nitrogens with two attached hydrogens (primary N) is 1. The first kappa shape index (κ1) is 16.5. The molecule has 2 N–H and O–H groups in total. The summed E-state index contributed by atoms with van der Waals surface area (Å²) in [5.74, 6) is 1.74. The largest absolute Gasteiger partial charge is 0.329 e. The van der Waals surface area contributed by atoms with Crippen molar-refractivity contribution < 1.29 is 0 Å². The normalized spacial score (nSPS) is 22.9. The Hall–Kier alpha value is -0.860. The molecule has 2 unspecified atom stereocenters. The minimum Gasteiger partial charge on any atom is -0.329 e. The van der Waals surface area contributed by atoms with E-state index < -0.39 is 0 Å². The van der Waals surface area contributed by atoms with Crippen molar-refractivity contribution in [2.75, 3.05) is 13.1 Å². The smallest absolute Gasteiger partial charge is 0.0237 e. The zero-order valence-corrected chi connectivity index (χ0v) is 13.8. The van der Waals surface area contributed by atoms with Crippen LogP contribution in [0.3, 0.4) is 0 Å². The first-order valence-corrected chi connectivity index (χ1v) is 8.67. The molecule has 1 aliphatic carbocycles. The first-order chi connectivity index (χ1) is 10.2.